The van der Waals surface area contributed by atoms with Crippen LogP contribution in [0, 0.1) is 17.8 Å². The highest BCUT2D eigenvalue weighted by Crippen LogP contribution is 2.40. The minimum atomic E-state index is 0.195. The molecule has 4 nitrogen and oxygen atoms in total. The lowest BCUT2D eigenvalue weighted by molar-refractivity contribution is 0.177. The van der Waals surface area contributed by atoms with Crippen LogP contribution in [0.5, 0.6) is 0 Å². The summed E-state index contributed by atoms with van der Waals surface area (Å²) in [5.41, 5.74) is 5.43. The van der Waals surface area contributed by atoms with Crippen LogP contribution in [-0.2, 0) is 0 Å². The molecule has 2 heterocycles. The van der Waals surface area contributed by atoms with Crippen molar-refractivity contribution >= 4 is 5.52 Å². The number of nitrogens with one attached hydrogen (secondary N) is 1. The van der Waals surface area contributed by atoms with Gasteiger partial charge in [0.05, 0.1) is 17.8 Å². The zero-order valence-electron chi connectivity index (χ0n) is 12.3. The molecular weight excluding hydrogens is 248 g/mol. The summed E-state index contributed by atoms with van der Waals surface area (Å²) in [6.45, 7) is 4.71. The molecule has 3 unspecified atom stereocenters. The number of hydrazine groups is 1. The van der Waals surface area contributed by atoms with Gasteiger partial charge in [0.1, 0.15) is 0 Å². The number of aromatic nitrogens is 2. The molecule has 108 valence electrons. The standard InChI is InChI=1S/C16H24N4/c1-11-7-12(2)9-13(8-11)16(19-17)14-10-18-20-6-4-3-5-15(14)20/h3-6,10-13,16,19H,7-9,17H2,1-2H3. The molecule has 1 aliphatic rings. The highest BCUT2D eigenvalue weighted by molar-refractivity contribution is 5.55. The van der Waals surface area contributed by atoms with Crippen molar-refractivity contribution in [1.29, 1.82) is 0 Å². The molecule has 3 atom stereocenters. The summed E-state index contributed by atoms with van der Waals surface area (Å²) in [6, 6.07) is 6.36. The predicted molar refractivity (Wildman–Crippen MR) is 80.9 cm³/mol. The number of nitrogens with zero attached hydrogens (tertiary/aromatic N) is 2. The second-order valence-electron chi connectivity index (χ2n) is 6.45. The molecule has 0 radical (unpaired) electrons. The molecular formula is C16H24N4. The second-order valence-corrected chi connectivity index (χ2v) is 6.45. The van der Waals surface area contributed by atoms with Gasteiger partial charge < -0.3 is 0 Å². The van der Waals surface area contributed by atoms with E-state index in [0.717, 1.165) is 17.4 Å². The first-order valence-corrected chi connectivity index (χ1v) is 7.57. The van der Waals surface area contributed by atoms with Crippen molar-refractivity contribution in [2.24, 2.45) is 23.6 Å². The molecule has 1 aliphatic carbocycles. The SMILES string of the molecule is CC1CC(C)CC(C(NN)c2cnn3ccccc23)C1. The Hall–Kier alpha value is -1.39. The molecule has 2 aromatic rings. The van der Waals surface area contributed by atoms with Crippen LogP contribution >= 0.6 is 0 Å². The molecule has 3 N–H and O–H groups in total. The first kappa shape index (κ1) is 13.6. The number of pyridine rings is 1. The van der Waals surface area contributed by atoms with E-state index in [0.29, 0.717) is 5.92 Å². The Labute approximate surface area is 120 Å². The fraction of sp³-hybridized carbons (Fsp3) is 0.562. The van der Waals surface area contributed by atoms with Crippen LogP contribution in [0.4, 0.5) is 0 Å². The lowest BCUT2D eigenvalue weighted by Crippen LogP contribution is -2.37. The van der Waals surface area contributed by atoms with Crippen LogP contribution in [0.3, 0.4) is 0 Å². The van der Waals surface area contributed by atoms with Gasteiger partial charge in [-0.15, -0.1) is 0 Å². The molecule has 1 fully saturated rings. The summed E-state index contributed by atoms with van der Waals surface area (Å²) in [7, 11) is 0. The van der Waals surface area contributed by atoms with Crippen molar-refractivity contribution in [1.82, 2.24) is 15.0 Å². The molecule has 0 aliphatic heterocycles. The van der Waals surface area contributed by atoms with Crippen LogP contribution in [0.15, 0.2) is 30.6 Å². The minimum absolute atomic E-state index is 0.195. The quantitative estimate of drug-likeness (QED) is 0.667. The van der Waals surface area contributed by atoms with E-state index in [4.69, 9.17) is 5.84 Å². The number of rotatable bonds is 3. The Balaban J connectivity index is 1.93. The normalized spacial score (nSPS) is 28.6. The molecule has 0 spiro atoms. The Kier molecular flexibility index (Phi) is 3.76. The monoisotopic (exact) mass is 272 g/mol. The first-order chi connectivity index (χ1) is 9.69. The van der Waals surface area contributed by atoms with Gasteiger partial charge in [0.2, 0.25) is 0 Å². The van der Waals surface area contributed by atoms with Gasteiger partial charge >= 0.3 is 0 Å². The Morgan fingerprint density at radius 2 is 2.00 bits per heavy atom. The Bertz CT molecular complexity index is 567. The average molecular weight is 272 g/mol. The summed E-state index contributed by atoms with van der Waals surface area (Å²) in [5, 5.41) is 4.44. The van der Waals surface area contributed by atoms with Gasteiger partial charge in [-0.3, -0.25) is 11.3 Å². The zero-order valence-corrected chi connectivity index (χ0v) is 12.3. The third-order valence-corrected chi connectivity index (χ3v) is 4.66. The fourth-order valence-corrected chi connectivity index (χ4v) is 3.96. The maximum Gasteiger partial charge on any atom is 0.0710 e. The first-order valence-electron chi connectivity index (χ1n) is 7.57. The van der Waals surface area contributed by atoms with Crippen molar-refractivity contribution in [2.75, 3.05) is 0 Å². The van der Waals surface area contributed by atoms with Crippen molar-refractivity contribution in [3.05, 3.63) is 36.2 Å². The van der Waals surface area contributed by atoms with Crippen molar-refractivity contribution < 1.29 is 0 Å². The molecule has 0 aromatic carbocycles. The largest absolute Gasteiger partial charge is 0.271 e. The number of hydrogen-bond acceptors (Lipinski definition) is 3. The van der Waals surface area contributed by atoms with Crippen LogP contribution in [0.2, 0.25) is 0 Å². The molecule has 0 saturated heterocycles. The zero-order chi connectivity index (χ0) is 14.1. The van der Waals surface area contributed by atoms with Gasteiger partial charge in [0.25, 0.3) is 0 Å². The maximum atomic E-state index is 5.89. The topological polar surface area (TPSA) is 55.3 Å². The van der Waals surface area contributed by atoms with Crippen LogP contribution in [0.1, 0.15) is 44.7 Å². The fourth-order valence-electron chi connectivity index (χ4n) is 3.96. The van der Waals surface area contributed by atoms with E-state index in [1.807, 2.05) is 23.0 Å². The van der Waals surface area contributed by atoms with Crippen LogP contribution in [-0.4, -0.2) is 9.61 Å². The summed E-state index contributed by atoms with van der Waals surface area (Å²) in [5.74, 6) is 8.04. The second kappa shape index (κ2) is 5.54. The summed E-state index contributed by atoms with van der Waals surface area (Å²) in [4.78, 5) is 0. The molecule has 4 heteroatoms. The van der Waals surface area contributed by atoms with E-state index in [1.54, 1.807) is 0 Å². The summed E-state index contributed by atoms with van der Waals surface area (Å²) < 4.78 is 1.93. The van der Waals surface area contributed by atoms with Crippen LogP contribution in [0.25, 0.3) is 5.52 Å². The Morgan fingerprint density at radius 3 is 2.70 bits per heavy atom. The van der Waals surface area contributed by atoms with Crippen LogP contribution < -0.4 is 11.3 Å². The summed E-state index contributed by atoms with van der Waals surface area (Å²) >= 11 is 0. The molecule has 3 rings (SSSR count). The highest BCUT2D eigenvalue weighted by atomic mass is 15.3. The minimum Gasteiger partial charge on any atom is -0.271 e. The van der Waals surface area contributed by atoms with E-state index in [1.165, 1.54) is 24.8 Å². The number of hydrogen-bond donors (Lipinski definition) is 2. The van der Waals surface area contributed by atoms with Gasteiger partial charge in [-0.1, -0.05) is 19.9 Å². The smallest absolute Gasteiger partial charge is 0.0710 e. The third-order valence-electron chi connectivity index (χ3n) is 4.66. The molecule has 0 amide bonds. The van der Waals surface area contributed by atoms with Crippen molar-refractivity contribution in [3.8, 4) is 0 Å². The lowest BCUT2D eigenvalue weighted by atomic mass is 9.72. The maximum absolute atomic E-state index is 5.89. The summed E-state index contributed by atoms with van der Waals surface area (Å²) in [6.07, 6.45) is 7.76. The molecule has 20 heavy (non-hydrogen) atoms. The molecule has 1 saturated carbocycles. The van der Waals surface area contributed by atoms with Gasteiger partial charge in [0, 0.05) is 11.8 Å². The van der Waals surface area contributed by atoms with Gasteiger partial charge in [-0.2, -0.15) is 5.10 Å². The lowest BCUT2D eigenvalue weighted by Gasteiger charge is -2.36. The van der Waals surface area contributed by atoms with E-state index >= 15 is 0 Å². The van der Waals surface area contributed by atoms with Gasteiger partial charge in [0.15, 0.2) is 0 Å². The Morgan fingerprint density at radius 1 is 1.25 bits per heavy atom. The van der Waals surface area contributed by atoms with Gasteiger partial charge in [-0.05, 0) is 49.1 Å². The number of nitrogens with two attached hydrogens (primary N) is 1. The molecule has 2 aromatic heterocycles. The number of fused-ring (bicyclic) bond motifs is 1. The average Bonchev–Trinajstić information content (AvgIpc) is 2.83. The van der Waals surface area contributed by atoms with E-state index in [-0.39, 0.29) is 6.04 Å². The van der Waals surface area contributed by atoms with Crippen molar-refractivity contribution in [3.63, 3.8) is 0 Å². The van der Waals surface area contributed by atoms with E-state index in [2.05, 4.69) is 36.5 Å². The van der Waals surface area contributed by atoms with E-state index in [9.17, 15) is 0 Å². The third kappa shape index (κ3) is 2.45. The van der Waals surface area contributed by atoms with Gasteiger partial charge in [-0.25, -0.2) is 4.52 Å². The van der Waals surface area contributed by atoms with Crippen molar-refractivity contribution in [2.45, 2.75) is 39.2 Å². The van der Waals surface area contributed by atoms with E-state index < -0.39 is 0 Å². The predicted octanol–water partition coefficient (Wildman–Crippen LogP) is 2.91. The molecule has 0 bridgehead atoms. The highest BCUT2D eigenvalue weighted by Gasteiger charge is 2.31.